The Bertz CT molecular complexity index is 1190. The summed E-state index contributed by atoms with van der Waals surface area (Å²) in [5, 5.41) is 9.61. The summed E-state index contributed by atoms with van der Waals surface area (Å²) >= 11 is 0. The first-order valence-corrected chi connectivity index (χ1v) is 10.3. The number of rotatable bonds is 9. The molecule has 3 rings (SSSR count). The van der Waals surface area contributed by atoms with Gasteiger partial charge in [-0.1, -0.05) is 6.07 Å². The van der Waals surface area contributed by atoms with Gasteiger partial charge >= 0.3 is 6.09 Å². The van der Waals surface area contributed by atoms with Crippen LogP contribution < -0.4 is 16.4 Å². The topological polar surface area (TPSA) is 150 Å². The van der Waals surface area contributed by atoms with Crippen molar-refractivity contribution < 1.29 is 23.9 Å². The number of methoxy groups -OCH3 is 1. The van der Waals surface area contributed by atoms with Crippen LogP contribution in [-0.4, -0.2) is 52.8 Å². The van der Waals surface area contributed by atoms with Gasteiger partial charge in [0.2, 0.25) is 5.91 Å². The molecule has 174 valence electrons. The lowest BCUT2D eigenvalue weighted by Gasteiger charge is -2.12. The number of anilines is 2. The molecule has 2 aromatic heterocycles. The Morgan fingerprint density at radius 1 is 1.12 bits per heavy atom. The molecule has 11 nitrogen and oxygen atoms in total. The zero-order valence-corrected chi connectivity index (χ0v) is 18.7. The highest BCUT2D eigenvalue weighted by Gasteiger charge is 2.17. The van der Waals surface area contributed by atoms with E-state index in [0.717, 1.165) is 11.3 Å². The molecule has 4 N–H and O–H groups in total. The van der Waals surface area contributed by atoms with Gasteiger partial charge in [-0.25, -0.2) is 14.3 Å². The van der Waals surface area contributed by atoms with Crippen molar-refractivity contribution in [1.29, 1.82) is 0 Å². The van der Waals surface area contributed by atoms with Gasteiger partial charge in [0.25, 0.3) is 5.91 Å². The fraction of sp³-hybridized carbons (Fsp3) is 0.318. The molecule has 0 radical (unpaired) electrons. The number of aromatic nitrogens is 3. The van der Waals surface area contributed by atoms with Crippen LogP contribution in [0.5, 0.6) is 0 Å². The van der Waals surface area contributed by atoms with E-state index >= 15 is 0 Å². The first-order chi connectivity index (χ1) is 15.8. The number of hydrogen-bond acceptors (Lipinski definition) is 7. The first-order valence-electron chi connectivity index (χ1n) is 10.3. The minimum atomic E-state index is -0.609. The second kappa shape index (κ2) is 10.6. The van der Waals surface area contributed by atoms with E-state index in [4.69, 9.17) is 15.2 Å². The van der Waals surface area contributed by atoms with Gasteiger partial charge in [-0.2, -0.15) is 5.10 Å². The lowest BCUT2D eigenvalue weighted by atomic mass is 10.1. The lowest BCUT2D eigenvalue weighted by Crippen LogP contribution is -2.17. The molecule has 2 heterocycles. The summed E-state index contributed by atoms with van der Waals surface area (Å²) in [6, 6.07) is 6.75. The van der Waals surface area contributed by atoms with E-state index in [2.05, 4.69) is 20.7 Å². The van der Waals surface area contributed by atoms with Crippen molar-refractivity contribution >= 4 is 34.9 Å². The van der Waals surface area contributed by atoms with Crippen molar-refractivity contribution in [1.82, 2.24) is 14.6 Å². The second-order valence-corrected chi connectivity index (χ2v) is 7.30. The van der Waals surface area contributed by atoms with Crippen molar-refractivity contribution in [2.24, 2.45) is 5.73 Å². The standard InChI is InChI=1S/C22H26N6O5/c1-13-17(14(2)28-21(25-13)18(12-24-28)20(23)30)7-8-19(29)26-15-5-4-6-16(11-15)27-22(31)33-10-9-32-3/h4-6,11-12H,7-10H2,1-3H3,(H2,23,30)(H,26,29)(H,27,31). The van der Waals surface area contributed by atoms with E-state index < -0.39 is 12.0 Å². The molecule has 3 aromatic rings. The molecule has 0 bridgehead atoms. The Morgan fingerprint density at radius 2 is 1.85 bits per heavy atom. The maximum absolute atomic E-state index is 12.5. The number of fused-ring (bicyclic) bond motifs is 1. The largest absolute Gasteiger partial charge is 0.447 e. The Hall–Kier alpha value is -3.99. The predicted molar refractivity (Wildman–Crippen MR) is 121 cm³/mol. The van der Waals surface area contributed by atoms with Crippen molar-refractivity contribution in [3.63, 3.8) is 0 Å². The van der Waals surface area contributed by atoms with Crippen LogP contribution in [0.1, 0.15) is 33.7 Å². The lowest BCUT2D eigenvalue weighted by molar-refractivity contribution is -0.116. The molecule has 0 saturated carbocycles. The Morgan fingerprint density at radius 3 is 2.55 bits per heavy atom. The molecular weight excluding hydrogens is 428 g/mol. The fourth-order valence-electron chi connectivity index (χ4n) is 3.35. The number of ether oxygens (including phenoxy) is 2. The number of aryl methyl sites for hydroxylation is 2. The third-order valence-corrected chi connectivity index (χ3v) is 4.99. The number of nitrogens with two attached hydrogens (primary N) is 1. The minimum Gasteiger partial charge on any atom is -0.447 e. The van der Waals surface area contributed by atoms with Crippen LogP contribution in [0.15, 0.2) is 30.5 Å². The molecule has 11 heteroatoms. The van der Waals surface area contributed by atoms with Crippen molar-refractivity contribution in [2.45, 2.75) is 26.7 Å². The highest BCUT2D eigenvalue weighted by molar-refractivity contribution is 5.98. The van der Waals surface area contributed by atoms with Crippen LogP contribution in [0.4, 0.5) is 16.2 Å². The summed E-state index contributed by atoms with van der Waals surface area (Å²) in [4.78, 5) is 40.3. The molecule has 0 saturated heterocycles. The summed E-state index contributed by atoms with van der Waals surface area (Å²) in [6.07, 6.45) is 1.42. The van der Waals surface area contributed by atoms with Gasteiger partial charge in [0.05, 0.1) is 12.8 Å². The number of primary amides is 1. The Labute approximate surface area is 190 Å². The highest BCUT2D eigenvalue weighted by atomic mass is 16.6. The minimum absolute atomic E-state index is 0.139. The van der Waals surface area contributed by atoms with Crippen LogP contribution >= 0.6 is 0 Å². The molecule has 0 aliphatic heterocycles. The highest BCUT2D eigenvalue weighted by Crippen LogP contribution is 2.20. The molecule has 0 atom stereocenters. The summed E-state index contributed by atoms with van der Waals surface area (Å²) in [5.41, 5.74) is 9.41. The van der Waals surface area contributed by atoms with Gasteiger partial charge in [0, 0.05) is 36.3 Å². The molecule has 0 aliphatic carbocycles. The normalized spacial score (nSPS) is 10.8. The molecule has 1 aromatic carbocycles. The van der Waals surface area contributed by atoms with Gasteiger partial charge in [-0.05, 0) is 44.0 Å². The number of carbonyl (C=O) groups is 3. The number of nitrogens with one attached hydrogen (secondary N) is 2. The molecule has 33 heavy (non-hydrogen) atoms. The summed E-state index contributed by atoms with van der Waals surface area (Å²) in [5.74, 6) is -0.796. The summed E-state index contributed by atoms with van der Waals surface area (Å²) in [7, 11) is 1.52. The summed E-state index contributed by atoms with van der Waals surface area (Å²) in [6.45, 7) is 4.12. The third kappa shape index (κ3) is 5.83. The molecule has 0 spiro atoms. The van der Waals surface area contributed by atoms with Gasteiger partial charge in [-0.15, -0.1) is 0 Å². The smallest absolute Gasteiger partial charge is 0.411 e. The zero-order chi connectivity index (χ0) is 24.0. The molecule has 0 aliphatic rings. The van der Waals surface area contributed by atoms with Gasteiger partial charge in [0.15, 0.2) is 5.65 Å². The van der Waals surface area contributed by atoms with E-state index in [-0.39, 0.29) is 24.5 Å². The van der Waals surface area contributed by atoms with Crippen LogP contribution in [0.3, 0.4) is 0 Å². The number of amides is 3. The van der Waals surface area contributed by atoms with E-state index in [1.165, 1.54) is 13.3 Å². The number of nitrogens with zero attached hydrogens (tertiary/aromatic N) is 3. The Kier molecular flexibility index (Phi) is 7.57. The molecule has 0 fully saturated rings. The summed E-state index contributed by atoms with van der Waals surface area (Å²) < 4.78 is 11.3. The van der Waals surface area contributed by atoms with E-state index in [1.807, 2.05) is 13.8 Å². The monoisotopic (exact) mass is 454 g/mol. The quantitative estimate of drug-likeness (QED) is 0.420. The predicted octanol–water partition coefficient (Wildman–Crippen LogP) is 2.21. The first kappa shape index (κ1) is 23.7. The molecule has 0 unspecified atom stereocenters. The van der Waals surface area contributed by atoms with Gasteiger partial charge < -0.3 is 20.5 Å². The maximum Gasteiger partial charge on any atom is 0.411 e. The van der Waals surface area contributed by atoms with Crippen molar-refractivity contribution in [2.75, 3.05) is 31.0 Å². The average Bonchev–Trinajstić information content (AvgIpc) is 3.18. The average molecular weight is 454 g/mol. The van der Waals surface area contributed by atoms with Crippen molar-refractivity contribution in [3.8, 4) is 0 Å². The molecular formula is C22H26N6O5. The number of carbonyl (C=O) groups excluding carboxylic acids is 3. The van der Waals surface area contributed by atoms with Crippen LogP contribution in [0.2, 0.25) is 0 Å². The number of benzene rings is 1. The number of hydrogen-bond donors (Lipinski definition) is 3. The molecule has 3 amide bonds. The fourth-order valence-corrected chi connectivity index (χ4v) is 3.35. The van der Waals surface area contributed by atoms with E-state index in [9.17, 15) is 14.4 Å². The van der Waals surface area contributed by atoms with Crippen LogP contribution in [0, 0.1) is 13.8 Å². The van der Waals surface area contributed by atoms with Gasteiger partial charge in [-0.3, -0.25) is 14.9 Å². The van der Waals surface area contributed by atoms with Crippen LogP contribution in [0.25, 0.3) is 5.65 Å². The van der Waals surface area contributed by atoms with E-state index in [0.29, 0.717) is 35.7 Å². The van der Waals surface area contributed by atoms with Gasteiger partial charge in [0.1, 0.15) is 12.2 Å². The SMILES string of the molecule is COCCOC(=O)Nc1cccc(NC(=O)CCc2c(C)nc3c(C(N)=O)cnn3c2C)c1. The van der Waals surface area contributed by atoms with Crippen molar-refractivity contribution in [3.05, 3.63) is 53.0 Å². The maximum atomic E-state index is 12.5. The zero-order valence-electron chi connectivity index (χ0n) is 18.7. The second-order valence-electron chi connectivity index (χ2n) is 7.30. The van der Waals surface area contributed by atoms with E-state index in [1.54, 1.807) is 28.8 Å². The Balaban J connectivity index is 1.62. The third-order valence-electron chi connectivity index (χ3n) is 4.99. The van der Waals surface area contributed by atoms with Crippen LogP contribution in [-0.2, 0) is 20.7 Å².